The second kappa shape index (κ2) is 6.25. The Balaban J connectivity index is 1.77. The highest BCUT2D eigenvalue weighted by atomic mass is 32.2. The third-order valence-corrected chi connectivity index (χ3v) is 4.92. The minimum Gasteiger partial charge on any atom is -0.475 e. The van der Waals surface area contributed by atoms with Crippen LogP contribution in [0.15, 0.2) is 30.9 Å². The van der Waals surface area contributed by atoms with Crippen LogP contribution >= 0.6 is 0 Å². The van der Waals surface area contributed by atoms with Crippen molar-refractivity contribution in [2.75, 3.05) is 19.4 Å². The Kier molecular flexibility index (Phi) is 4.31. The predicted molar refractivity (Wildman–Crippen MR) is 80.7 cm³/mol. The monoisotopic (exact) mass is 340 g/mol. The molecule has 0 radical (unpaired) electrons. The van der Waals surface area contributed by atoms with Gasteiger partial charge in [-0.2, -0.15) is 4.31 Å². The van der Waals surface area contributed by atoms with Crippen LogP contribution < -0.4 is 4.74 Å². The maximum Gasteiger partial charge on any atom is 0.250 e. The molecule has 3 heterocycles. The Morgan fingerprint density at radius 3 is 3.00 bits per heavy atom. The van der Waals surface area contributed by atoms with Gasteiger partial charge in [0.15, 0.2) is 5.82 Å². The number of aromatic nitrogens is 3. The molecule has 0 aliphatic carbocycles. The van der Waals surface area contributed by atoms with Crippen molar-refractivity contribution in [1.29, 1.82) is 0 Å². The first kappa shape index (κ1) is 15.9. The Morgan fingerprint density at radius 1 is 1.43 bits per heavy atom. The first-order valence-electron chi connectivity index (χ1n) is 7.11. The van der Waals surface area contributed by atoms with E-state index in [-0.39, 0.29) is 24.9 Å². The zero-order chi connectivity index (χ0) is 16.4. The van der Waals surface area contributed by atoms with E-state index in [0.717, 1.165) is 5.69 Å². The molecule has 1 aliphatic heterocycles. The number of halogens is 1. The molecule has 0 amide bonds. The molecule has 9 heteroatoms. The van der Waals surface area contributed by atoms with E-state index in [1.807, 2.05) is 4.57 Å². The molecule has 0 unspecified atom stereocenters. The average molecular weight is 340 g/mol. The van der Waals surface area contributed by atoms with Gasteiger partial charge in [-0.25, -0.2) is 22.8 Å². The lowest BCUT2D eigenvalue weighted by Crippen LogP contribution is -2.35. The lowest BCUT2D eigenvalue weighted by molar-refractivity contribution is 0.199. The van der Waals surface area contributed by atoms with E-state index in [0.29, 0.717) is 13.1 Å². The maximum atomic E-state index is 13.6. The largest absolute Gasteiger partial charge is 0.475 e. The topological polar surface area (TPSA) is 77.3 Å². The summed E-state index contributed by atoms with van der Waals surface area (Å²) in [6, 6.07) is 2.75. The van der Waals surface area contributed by atoms with Crippen LogP contribution in [-0.2, 0) is 23.1 Å². The summed E-state index contributed by atoms with van der Waals surface area (Å²) in [5.74, 6) is -0.750. The van der Waals surface area contributed by atoms with Gasteiger partial charge in [0.25, 0.3) is 0 Å². The number of pyridine rings is 1. The van der Waals surface area contributed by atoms with Crippen LogP contribution in [0.1, 0.15) is 5.69 Å². The summed E-state index contributed by atoms with van der Waals surface area (Å²) in [6.07, 6.45) is 5.94. The summed E-state index contributed by atoms with van der Waals surface area (Å²) >= 11 is 0. The Hall–Kier alpha value is -2.00. The van der Waals surface area contributed by atoms with Crippen LogP contribution in [0.3, 0.4) is 0 Å². The first-order chi connectivity index (χ1) is 10.9. The number of hydrogen-bond donors (Lipinski definition) is 0. The van der Waals surface area contributed by atoms with Crippen LogP contribution in [0.4, 0.5) is 4.39 Å². The lowest BCUT2D eigenvalue weighted by Gasteiger charge is -2.21. The molecule has 3 rings (SSSR count). The number of imidazole rings is 1. The van der Waals surface area contributed by atoms with Crippen molar-refractivity contribution in [3.05, 3.63) is 42.4 Å². The molecular weight excluding hydrogens is 323 g/mol. The Morgan fingerprint density at radius 2 is 2.26 bits per heavy atom. The number of fused-ring (bicyclic) bond motifs is 1. The maximum absolute atomic E-state index is 13.6. The number of ether oxygens (including phenoxy) is 1. The highest BCUT2D eigenvalue weighted by molar-refractivity contribution is 7.88. The van der Waals surface area contributed by atoms with Gasteiger partial charge in [-0.1, -0.05) is 0 Å². The molecular formula is C14H17FN4O3S. The van der Waals surface area contributed by atoms with Gasteiger partial charge in [0.05, 0.1) is 31.4 Å². The molecule has 2 aromatic heterocycles. The van der Waals surface area contributed by atoms with E-state index in [1.165, 1.54) is 28.9 Å². The second-order valence-electron chi connectivity index (χ2n) is 5.56. The zero-order valence-corrected chi connectivity index (χ0v) is 13.4. The van der Waals surface area contributed by atoms with E-state index in [9.17, 15) is 12.8 Å². The van der Waals surface area contributed by atoms with Crippen molar-refractivity contribution >= 4 is 10.0 Å². The molecule has 1 aliphatic rings. The van der Waals surface area contributed by atoms with Gasteiger partial charge in [0.2, 0.25) is 15.9 Å². The molecule has 0 saturated carbocycles. The molecule has 7 nitrogen and oxygen atoms in total. The van der Waals surface area contributed by atoms with Crippen molar-refractivity contribution in [2.24, 2.45) is 5.92 Å². The van der Waals surface area contributed by atoms with Crippen LogP contribution in [-0.4, -0.2) is 46.7 Å². The summed E-state index contributed by atoms with van der Waals surface area (Å²) in [7, 11) is -3.35. The quantitative estimate of drug-likeness (QED) is 0.826. The highest BCUT2D eigenvalue weighted by Gasteiger charge is 2.28. The summed E-state index contributed by atoms with van der Waals surface area (Å²) in [5.41, 5.74) is 0.821. The second-order valence-corrected chi connectivity index (χ2v) is 7.54. The van der Waals surface area contributed by atoms with Crippen molar-refractivity contribution in [1.82, 2.24) is 18.8 Å². The van der Waals surface area contributed by atoms with Crippen LogP contribution in [0.5, 0.6) is 5.88 Å². The van der Waals surface area contributed by atoms with Crippen molar-refractivity contribution in [3.8, 4) is 5.88 Å². The fraction of sp³-hybridized carbons (Fsp3) is 0.429. The lowest BCUT2D eigenvalue weighted by atomic mass is 10.1. The normalized spacial score (nSPS) is 19.1. The molecule has 2 aromatic rings. The van der Waals surface area contributed by atoms with Crippen molar-refractivity contribution < 1.29 is 17.5 Å². The summed E-state index contributed by atoms with van der Waals surface area (Å²) in [4.78, 5) is 7.90. The average Bonchev–Trinajstić information content (AvgIpc) is 2.83. The minimum absolute atomic E-state index is 0.0755. The molecule has 124 valence electrons. The molecule has 1 atom stereocenters. The zero-order valence-electron chi connectivity index (χ0n) is 12.6. The number of nitrogens with zero attached hydrogens (tertiary/aromatic N) is 4. The fourth-order valence-electron chi connectivity index (χ4n) is 2.55. The van der Waals surface area contributed by atoms with E-state index in [2.05, 4.69) is 9.97 Å². The van der Waals surface area contributed by atoms with Crippen LogP contribution in [0.2, 0.25) is 0 Å². The SMILES string of the molecule is CS(=O)(=O)N1Cc2cncn2C[C@H](COc2ncccc2F)C1. The van der Waals surface area contributed by atoms with Gasteiger partial charge < -0.3 is 9.30 Å². The summed E-state index contributed by atoms with van der Waals surface area (Å²) in [6.45, 7) is 1.29. The summed E-state index contributed by atoms with van der Waals surface area (Å²) < 4.78 is 46.2. The molecule has 0 N–H and O–H groups in total. The number of sulfonamides is 1. The van der Waals surface area contributed by atoms with Gasteiger partial charge in [-0.3, -0.25) is 0 Å². The fourth-order valence-corrected chi connectivity index (χ4v) is 3.39. The number of rotatable bonds is 4. The van der Waals surface area contributed by atoms with E-state index < -0.39 is 15.8 Å². The van der Waals surface area contributed by atoms with E-state index in [1.54, 1.807) is 12.5 Å². The van der Waals surface area contributed by atoms with Gasteiger partial charge in [0.1, 0.15) is 0 Å². The summed E-state index contributed by atoms with van der Waals surface area (Å²) in [5, 5.41) is 0. The van der Waals surface area contributed by atoms with Gasteiger partial charge in [0, 0.05) is 31.4 Å². The molecule has 0 bridgehead atoms. The first-order valence-corrected chi connectivity index (χ1v) is 8.96. The smallest absolute Gasteiger partial charge is 0.250 e. The predicted octanol–water partition coefficient (Wildman–Crippen LogP) is 0.888. The van der Waals surface area contributed by atoms with Crippen LogP contribution in [0.25, 0.3) is 0 Å². The Bertz CT molecular complexity index is 793. The third-order valence-electron chi connectivity index (χ3n) is 3.70. The van der Waals surface area contributed by atoms with Crippen LogP contribution in [0, 0.1) is 11.7 Å². The van der Waals surface area contributed by atoms with E-state index in [4.69, 9.17) is 4.74 Å². The number of hydrogen-bond acceptors (Lipinski definition) is 5. The molecule has 0 aromatic carbocycles. The molecule has 23 heavy (non-hydrogen) atoms. The van der Waals surface area contributed by atoms with Gasteiger partial charge >= 0.3 is 0 Å². The van der Waals surface area contributed by atoms with Crippen molar-refractivity contribution in [3.63, 3.8) is 0 Å². The standard InChI is InChI=1S/C14H17FN4O3S/c1-23(20,21)19-7-11(6-18-10-16-5-12(18)8-19)9-22-14-13(15)3-2-4-17-14/h2-5,10-11H,6-9H2,1H3/t11-/m0/s1. The van der Waals surface area contributed by atoms with Gasteiger partial charge in [-0.15, -0.1) is 0 Å². The Labute approximate surface area is 133 Å². The highest BCUT2D eigenvalue weighted by Crippen LogP contribution is 2.20. The molecule has 0 fully saturated rings. The van der Waals surface area contributed by atoms with Crippen molar-refractivity contribution in [2.45, 2.75) is 13.1 Å². The molecule has 0 spiro atoms. The molecule has 0 saturated heterocycles. The third kappa shape index (κ3) is 3.67. The minimum atomic E-state index is -3.35. The van der Waals surface area contributed by atoms with Gasteiger partial charge in [-0.05, 0) is 12.1 Å². The van der Waals surface area contributed by atoms with E-state index >= 15 is 0 Å².